The standard InChI is InChI=1S/C19H24ClN2O2P/c1-3-10-25-12-21(2)17-11-13(8-9-16(17)20)22-18(23)14-6-4-5-7-15(14)19(22)24/h4,6,8-9,11,23-25H,3,5,7,10,12H2,1-2H3. The second kappa shape index (κ2) is 7.72. The fourth-order valence-corrected chi connectivity index (χ4v) is 4.43. The SMILES string of the molecule is CCCPCN(C)c1cc(-n2c(O)c3c(c2O)CCC=C3)ccc1Cl. The van der Waals surface area contributed by atoms with Crippen molar-refractivity contribution in [3.8, 4) is 17.4 Å². The molecule has 4 nitrogen and oxygen atoms in total. The Morgan fingerprint density at radius 2 is 2.08 bits per heavy atom. The van der Waals surface area contributed by atoms with E-state index in [2.05, 4.69) is 11.8 Å². The molecule has 0 saturated heterocycles. The van der Waals surface area contributed by atoms with Crippen molar-refractivity contribution in [3.05, 3.63) is 40.4 Å². The van der Waals surface area contributed by atoms with Crippen molar-refractivity contribution in [2.75, 3.05) is 24.4 Å². The molecule has 1 aromatic carbocycles. The fraction of sp³-hybridized carbons (Fsp3) is 0.368. The molecule has 1 unspecified atom stereocenters. The molecule has 2 N–H and O–H groups in total. The molecule has 0 bridgehead atoms. The number of aromatic hydroxyl groups is 2. The van der Waals surface area contributed by atoms with Crippen LogP contribution in [0.5, 0.6) is 11.8 Å². The first-order valence-electron chi connectivity index (χ1n) is 8.58. The molecule has 1 aliphatic rings. The number of allylic oxidation sites excluding steroid dienone is 1. The van der Waals surface area contributed by atoms with Gasteiger partial charge in [-0.05, 0) is 37.2 Å². The Bertz CT molecular complexity index is 801. The largest absolute Gasteiger partial charge is 0.494 e. The van der Waals surface area contributed by atoms with Gasteiger partial charge in [0.1, 0.15) is 0 Å². The highest BCUT2D eigenvalue weighted by Gasteiger charge is 2.23. The van der Waals surface area contributed by atoms with E-state index in [1.165, 1.54) is 17.1 Å². The van der Waals surface area contributed by atoms with Gasteiger partial charge in [-0.1, -0.05) is 37.1 Å². The number of rotatable bonds is 6. The predicted octanol–water partition coefficient (Wildman–Crippen LogP) is 4.98. The second-order valence-electron chi connectivity index (χ2n) is 6.31. The molecule has 0 aliphatic heterocycles. The zero-order valence-electron chi connectivity index (χ0n) is 14.6. The molecule has 1 heterocycles. The van der Waals surface area contributed by atoms with Gasteiger partial charge in [-0.15, -0.1) is 8.58 Å². The van der Waals surface area contributed by atoms with E-state index in [0.29, 0.717) is 16.3 Å². The summed E-state index contributed by atoms with van der Waals surface area (Å²) in [6.45, 7) is 2.19. The Labute approximate surface area is 155 Å². The van der Waals surface area contributed by atoms with Crippen LogP contribution in [0.3, 0.4) is 0 Å². The number of benzene rings is 1. The topological polar surface area (TPSA) is 48.6 Å². The molecule has 0 fully saturated rings. The number of hydrogen-bond donors (Lipinski definition) is 2. The lowest BCUT2D eigenvalue weighted by molar-refractivity contribution is 0.400. The summed E-state index contributed by atoms with van der Waals surface area (Å²) >= 11 is 6.39. The molecule has 1 aromatic heterocycles. The molecule has 0 amide bonds. The molecule has 3 rings (SSSR count). The zero-order valence-corrected chi connectivity index (χ0v) is 16.3. The van der Waals surface area contributed by atoms with Gasteiger partial charge in [0.25, 0.3) is 0 Å². The monoisotopic (exact) mass is 378 g/mol. The number of hydrogen-bond acceptors (Lipinski definition) is 3. The van der Waals surface area contributed by atoms with Gasteiger partial charge in [0.2, 0.25) is 11.8 Å². The number of fused-ring (bicyclic) bond motifs is 1. The van der Waals surface area contributed by atoms with Crippen LogP contribution < -0.4 is 4.90 Å². The molecule has 0 spiro atoms. The van der Waals surface area contributed by atoms with E-state index >= 15 is 0 Å². The third kappa shape index (κ3) is 3.51. The number of aromatic nitrogens is 1. The van der Waals surface area contributed by atoms with E-state index in [1.807, 2.05) is 37.4 Å². The van der Waals surface area contributed by atoms with Crippen LogP contribution in [0.1, 0.15) is 30.9 Å². The van der Waals surface area contributed by atoms with Crippen LogP contribution in [0.25, 0.3) is 11.8 Å². The first kappa shape index (κ1) is 18.2. The third-order valence-corrected chi connectivity index (χ3v) is 6.35. The number of anilines is 1. The highest BCUT2D eigenvalue weighted by Crippen LogP contribution is 2.41. The summed E-state index contributed by atoms with van der Waals surface area (Å²) in [5.74, 6) is 0.188. The van der Waals surface area contributed by atoms with Crippen LogP contribution in [0.15, 0.2) is 24.3 Å². The van der Waals surface area contributed by atoms with Crippen molar-refractivity contribution in [2.24, 2.45) is 0 Å². The van der Waals surface area contributed by atoms with E-state index in [4.69, 9.17) is 11.6 Å². The average molecular weight is 379 g/mol. The minimum atomic E-state index is 0.0761. The first-order valence-corrected chi connectivity index (χ1v) is 10.4. The van der Waals surface area contributed by atoms with Crippen molar-refractivity contribution in [3.63, 3.8) is 0 Å². The summed E-state index contributed by atoms with van der Waals surface area (Å²) in [6.07, 6.45) is 8.83. The van der Waals surface area contributed by atoms with Crippen LogP contribution in [0.4, 0.5) is 5.69 Å². The Morgan fingerprint density at radius 1 is 1.28 bits per heavy atom. The van der Waals surface area contributed by atoms with Crippen molar-refractivity contribution < 1.29 is 10.2 Å². The van der Waals surface area contributed by atoms with Gasteiger partial charge < -0.3 is 15.1 Å². The van der Waals surface area contributed by atoms with E-state index in [9.17, 15) is 10.2 Å². The molecule has 2 aromatic rings. The zero-order chi connectivity index (χ0) is 18.0. The highest BCUT2D eigenvalue weighted by atomic mass is 35.5. The van der Waals surface area contributed by atoms with E-state index < -0.39 is 0 Å². The van der Waals surface area contributed by atoms with Gasteiger partial charge in [0, 0.05) is 24.5 Å². The minimum absolute atomic E-state index is 0.0761. The Hall–Kier alpha value is -1.64. The summed E-state index contributed by atoms with van der Waals surface area (Å²) in [5.41, 5.74) is 3.12. The summed E-state index contributed by atoms with van der Waals surface area (Å²) in [4.78, 5) is 2.14. The molecule has 25 heavy (non-hydrogen) atoms. The molecule has 0 saturated carbocycles. The third-order valence-electron chi connectivity index (χ3n) is 4.48. The fourth-order valence-electron chi connectivity index (χ4n) is 3.15. The highest BCUT2D eigenvalue weighted by molar-refractivity contribution is 7.38. The minimum Gasteiger partial charge on any atom is -0.494 e. The molecular weight excluding hydrogens is 355 g/mol. The summed E-state index contributed by atoms with van der Waals surface area (Å²) < 4.78 is 1.50. The Morgan fingerprint density at radius 3 is 2.80 bits per heavy atom. The van der Waals surface area contributed by atoms with Crippen molar-refractivity contribution in [1.82, 2.24) is 4.57 Å². The van der Waals surface area contributed by atoms with Crippen LogP contribution in [-0.2, 0) is 6.42 Å². The lowest BCUT2D eigenvalue weighted by atomic mass is 10.0. The average Bonchev–Trinajstić information content (AvgIpc) is 2.87. The molecule has 0 radical (unpaired) electrons. The molecular formula is C19H24ClN2O2P. The van der Waals surface area contributed by atoms with Gasteiger partial charge in [0.15, 0.2) is 0 Å². The Kier molecular flexibility index (Phi) is 5.61. The van der Waals surface area contributed by atoms with Crippen molar-refractivity contribution in [1.29, 1.82) is 0 Å². The van der Waals surface area contributed by atoms with Crippen molar-refractivity contribution in [2.45, 2.75) is 26.2 Å². The van der Waals surface area contributed by atoms with E-state index in [0.717, 1.165) is 39.0 Å². The van der Waals surface area contributed by atoms with Gasteiger partial charge in [-0.3, -0.25) is 4.57 Å². The van der Waals surface area contributed by atoms with Crippen LogP contribution in [0, 0.1) is 0 Å². The quantitative estimate of drug-likeness (QED) is 0.550. The normalized spacial score (nSPS) is 13.6. The lowest BCUT2D eigenvalue weighted by Crippen LogP contribution is -2.16. The molecule has 1 aliphatic carbocycles. The predicted molar refractivity (Wildman–Crippen MR) is 108 cm³/mol. The van der Waals surface area contributed by atoms with Gasteiger partial charge in [-0.2, -0.15) is 0 Å². The van der Waals surface area contributed by atoms with Gasteiger partial charge >= 0.3 is 0 Å². The van der Waals surface area contributed by atoms with Crippen LogP contribution in [-0.4, -0.2) is 34.3 Å². The van der Waals surface area contributed by atoms with Crippen molar-refractivity contribution >= 4 is 31.9 Å². The Balaban J connectivity index is 1.98. The lowest BCUT2D eigenvalue weighted by Gasteiger charge is -2.21. The maximum atomic E-state index is 10.6. The number of halogens is 1. The molecule has 134 valence electrons. The summed E-state index contributed by atoms with van der Waals surface area (Å²) in [5, 5.41) is 21.9. The maximum absolute atomic E-state index is 10.6. The molecule has 1 atom stereocenters. The van der Waals surface area contributed by atoms with E-state index in [-0.39, 0.29) is 11.8 Å². The van der Waals surface area contributed by atoms with Gasteiger partial charge in [-0.25, -0.2) is 0 Å². The summed E-state index contributed by atoms with van der Waals surface area (Å²) in [7, 11) is 2.88. The second-order valence-corrected chi connectivity index (χ2v) is 8.03. The maximum Gasteiger partial charge on any atom is 0.206 e. The van der Waals surface area contributed by atoms with Crippen LogP contribution in [0.2, 0.25) is 5.02 Å². The molecule has 6 heteroatoms. The van der Waals surface area contributed by atoms with Crippen LogP contribution >= 0.6 is 20.2 Å². The number of nitrogens with zero attached hydrogens (tertiary/aromatic N) is 2. The van der Waals surface area contributed by atoms with Gasteiger partial charge in [0.05, 0.1) is 16.4 Å². The smallest absolute Gasteiger partial charge is 0.206 e. The summed E-state index contributed by atoms with van der Waals surface area (Å²) in [6, 6.07) is 5.56. The first-order chi connectivity index (χ1) is 12.0. The van der Waals surface area contributed by atoms with E-state index in [1.54, 1.807) is 0 Å².